The third kappa shape index (κ3) is 6.30. The van der Waals surface area contributed by atoms with Gasteiger partial charge in [-0.15, -0.1) is 0 Å². The Morgan fingerprint density at radius 1 is 1.17 bits per heavy atom. The van der Waals surface area contributed by atoms with Crippen molar-refractivity contribution in [2.75, 3.05) is 17.6 Å². The molecule has 6 heteroatoms. The van der Waals surface area contributed by atoms with Crippen LogP contribution in [0.2, 0.25) is 0 Å². The Bertz CT molecular complexity index is 528. The van der Waals surface area contributed by atoms with E-state index < -0.39 is 23.5 Å². The van der Waals surface area contributed by atoms with Crippen molar-refractivity contribution in [3.8, 4) is 0 Å². The minimum absolute atomic E-state index is 0.178. The summed E-state index contributed by atoms with van der Waals surface area (Å²) in [6, 6.07) is 8.79. The SMILES string of the molecule is CCOC(=O)[C@@H](N(CCI)C(=O)OCc1ccccc1)C(C)(C)C. The van der Waals surface area contributed by atoms with E-state index in [1.807, 2.05) is 51.1 Å². The van der Waals surface area contributed by atoms with E-state index in [1.165, 1.54) is 4.90 Å². The molecule has 0 unspecified atom stereocenters. The Balaban J connectivity index is 2.91. The first-order valence-electron chi connectivity index (χ1n) is 8.01. The van der Waals surface area contributed by atoms with E-state index in [0.29, 0.717) is 11.0 Å². The summed E-state index contributed by atoms with van der Waals surface area (Å²) in [6.07, 6.45) is -0.497. The number of carbonyl (C=O) groups excluding carboxylic acids is 2. The summed E-state index contributed by atoms with van der Waals surface area (Å²) in [6.45, 7) is 8.39. The lowest BCUT2D eigenvalue weighted by molar-refractivity contribution is -0.153. The second-order valence-corrected chi connectivity index (χ2v) is 7.52. The molecule has 1 aromatic carbocycles. The normalized spacial score (nSPS) is 12.4. The molecule has 0 spiro atoms. The van der Waals surface area contributed by atoms with Crippen molar-refractivity contribution < 1.29 is 19.1 Å². The van der Waals surface area contributed by atoms with Gasteiger partial charge in [0.25, 0.3) is 0 Å². The first-order valence-corrected chi connectivity index (χ1v) is 9.53. The molecule has 24 heavy (non-hydrogen) atoms. The maximum atomic E-state index is 12.6. The molecule has 5 nitrogen and oxygen atoms in total. The molecule has 1 atom stereocenters. The Morgan fingerprint density at radius 3 is 2.29 bits per heavy atom. The zero-order valence-electron chi connectivity index (χ0n) is 14.8. The van der Waals surface area contributed by atoms with Crippen LogP contribution in [0.1, 0.15) is 33.3 Å². The molecule has 1 amide bonds. The van der Waals surface area contributed by atoms with Crippen molar-refractivity contribution in [2.45, 2.75) is 40.3 Å². The van der Waals surface area contributed by atoms with Crippen LogP contribution >= 0.6 is 22.6 Å². The summed E-state index contributed by atoms with van der Waals surface area (Å²) < 4.78 is 11.3. The Kier molecular flexibility index (Phi) is 8.52. The molecule has 0 saturated heterocycles. The van der Waals surface area contributed by atoms with E-state index in [-0.39, 0.29) is 13.2 Å². The summed E-state index contributed by atoms with van der Waals surface area (Å²) in [4.78, 5) is 26.5. The van der Waals surface area contributed by atoms with Gasteiger partial charge >= 0.3 is 12.1 Å². The van der Waals surface area contributed by atoms with Crippen LogP contribution in [0, 0.1) is 5.41 Å². The van der Waals surface area contributed by atoms with Crippen molar-refractivity contribution >= 4 is 34.7 Å². The maximum absolute atomic E-state index is 12.6. The molecule has 0 fully saturated rings. The monoisotopic (exact) mass is 447 g/mol. The summed E-state index contributed by atoms with van der Waals surface area (Å²) in [5.74, 6) is -0.397. The van der Waals surface area contributed by atoms with Gasteiger partial charge in [-0.3, -0.25) is 4.90 Å². The van der Waals surface area contributed by atoms with Gasteiger partial charge in [-0.05, 0) is 17.9 Å². The summed E-state index contributed by atoms with van der Waals surface area (Å²) in [7, 11) is 0. The number of hydrogen-bond acceptors (Lipinski definition) is 4. The fourth-order valence-electron chi connectivity index (χ4n) is 2.39. The highest BCUT2D eigenvalue weighted by Crippen LogP contribution is 2.26. The Labute approximate surface area is 157 Å². The van der Waals surface area contributed by atoms with Crippen molar-refractivity contribution in [2.24, 2.45) is 5.41 Å². The van der Waals surface area contributed by atoms with E-state index in [0.717, 1.165) is 5.56 Å². The Hall–Kier alpha value is -1.31. The maximum Gasteiger partial charge on any atom is 0.410 e. The first kappa shape index (κ1) is 20.7. The van der Waals surface area contributed by atoms with Crippen LogP contribution in [-0.4, -0.2) is 40.6 Å². The van der Waals surface area contributed by atoms with E-state index in [1.54, 1.807) is 6.92 Å². The van der Waals surface area contributed by atoms with E-state index in [9.17, 15) is 9.59 Å². The predicted molar refractivity (Wildman–Crippen MR) is 102 cm³/mol. The third-order valence-corrected chi connectivity index (χ3v) is 3.89. The molecule has 0 radical (unpaired) electrons. The van der Waals surface area contributed by atoms with Gasteiger partial charge < -0.3 is 9.47 Å². The van der Waals surface area contributed by atoms with Crippen LogP contribution in [-0.2, 0) is 20.9 Å². The molecule has 0 aromatic heterocycles. The number of alkyl halides is 1. The second kappa shape index (κ2) is 9.86. The smallest absolute Gasteiger partial charge is 0.410 e. The van der Waals surface area contributed by atoms with Crippen LogP contribution in [0.5, 0.6) is 0 Å². The third-order valence-electron chi connectivity index (χ3n) is 3.41. The number of benzene rings is 1. The number of esters is 1. The van der Waals surface area contributed by atoms with Gasteiger partial charge in [0.05, 0.1) is 6.61 Å². The molecule has 134 valence electrons. The van der Waals surface area contributed by atoms with Crippen molar-refractivity contribution in [1.29, 1.82) is 0 Å². The number of halogens is 1. The van der Waals surface area contributed by atoms with Gasteiger partial charge in [-0.25, -0.2) is 9.59 Å². The van der Waals surface area contributed by atoms with Gasteiger partial charge in [-0.1, -0.05) is 73.7 Å². The summed E-state index contributed by atoms with van der Waals surface area (Å²) in [5.41, 5.74) is 0.452. The standard InChI is InChI=1S/C18H26INO4/c1-5-23-16(21)15(18(2,3)4)20(12-11-19)17(22)24-13-14-9-7-6-8-10-14/h6-10,15H,5,11-13H2,1-4H3/t15-/m1/s1. The minimum Gasteiger partial charge on any atom is -0.464 e. The molecule has 0 heterocycles. The lowest BCUT2D eigenvalue weighted by atomic mass is 9.85. The highest BCUT2D eigenvalue weighted by atomic mass is 127. The molecule has 0 aliphatic heterocycles. The number of ether oxygens (including phenoxy) is 2. The quantitative estimate of drug-likeness (QED) is 0.360. The number of amides is 1. The molecule has 0 saturated carbocycles. The molecule has 1 aromatic rings. The van der Waals surface area contributed by atoms with Crippen molar-refractivity contribution in [3.05, 3.63) is 35.9 Å². The molecular formula is C18H26INO4. The van der Waals surface area contributed by atoms with Crippen LogP contribution in [0.3, 0.4) is 0 Å². The summed E-state index contributed by atoms with van der Waals surface area (Å²) in [5, 5.41) is 0. The van der Waals surface area contributed by atoms with Crippen molar-refractivity contribution in [3.63, 3.8) is 0 Å². The van der Waals surface area contributed by atoms with Gasteiger partial charge in [-0.2, -0.15) is 0 Å². The second-order valence-electron chi connectivity index (χ2n) is 6.44. The Morgan fingerprint density at radius 2 is 1.79 bits per heavy atom. The molecule has 1 rings (SSSR count). The highest BCUT2D eigenvalue weighted by Gasteiger charge is 2.40. The topological polar surface area (TPSA) is 55.8 Å². The number of nitrogens with zero attached hydrogens (tertiary/aromatic N) is 1. The van der Waals surface area contributed by atoms with Gasteiger partial charge in [0, 0.05) is 11.0 Å². The lowest BCUT2D eigenvalue weighted by Crippen LogP contribution is -2.53. The van der Waals surface area contributed by atoms with Crippen LogP contribution in [0.25, 0.3) is 0 Å². The summed E-state index contributed by atoms with van der Waals surface area (Å²) >= 11 is 2.18. The van der Waals surface area contributed by atoms with Crippen molar-refractivity contribution in [1.82, 2.24) is 4.90 Å². The predicted octanol–water partition coefficient (Wildman–Crippen LogP) is 4.04. The average Bonchev–Trinajstić information content (AvgIpc) is 2.52. The lowest BCUT2D eigenvalue weighted by Gasteiger charge is -2.37. The number of hydrogen-bond donors (Lipinski definition) is 0. The van der Waals surface area contributed by atoms with Gasteiger partial charge in [0.2, 0.25) is 0 Å². The molecular weight excluding hydrogens is 421 g/mol. The van der Waals surface area contributed by atoms with E-state index in [2.05, 4.69) is 22.6 Å². The minimum atomic E-state index is -0.685. The zero-order valence-corrected chi connectivity index (χ0v) is 16.9. The zero-order chi connectivity index (χ0) is 18.2. The fourth-order valence-corrected chi connectivity index (χ4v) is 2.91. The number of rotatable bonds is 7. The van der Waals surface area contributed by atoms with Gasteiger partial charge in [0.1, 0.15) is 12.6 Å². The number of carbonyl (C=O) groups is 2. The highest BCUT2D eigenvalue weighted by molar-refractivity contribution is 14.1. The average molecular weight is 447 g/mol. The van der Waals surface area contributed by atoms with Gasteiger partial charge in [0.15, 0.2) is 0 Å². The molecule has 0 bridgehead atoms. The largest absolute Gasteiger partial charge is 0.464 e. The fraction of sp³-hybridized carbons (Fsp3) is 0.556. The van der Waals surface area contributed by atoms with Crippen LogP contribution in [0.15, 0.2) is 30.3 Å². The molecule has 0 N–H and O–H groups in total. The first-order chi connectivity index (χ1) is 11.3. The van der Waals surface area contributed by atoms with Crippen LogP contribution < -0.4 is 0 Å². The van der Waals surface area contributed by atoms with E-state index in [4.69, 9.17) is 9.47 Å². The molecule has 0 aliphatic rings. The van der Waals surface area contributed by atoms with Crippen LogP contribution in [0.4, 0.5) is 4.79 Å². The molecule has 0 aliphatic carbocycles. The van der Waals surface area contributed by atoms with E-state index >= 15 is 0 Å².